The quantitative estimate of drug-likeness (QED) is 0.885. The number of benzene rings is 1. The van der Waals surface area contributed by atoms with E-state index in [2.05, 4.69) is 55.8 Å². The van der Waals surface area contributed by atoms with E-state index in [1.165, 1.54) is 16.8 Å². The van der Waals surface area contributed by atoms with Gasteiger partial charge in [0.2, 0.25) is 0 Å². The van der Waals surface area contributed by atoms with Gasteiger partial charge in [-0.3, -0.25) is 4.90 Å². The molecule has 3 nitrogen and oxygen atoms in total. The number of aliphatic hydroxyl groups excluding tert-OH is 1. The fourth-order valence-electron chi connectivity index (χ4n) is 2.84. The topological polar surface area (TPSA) is 26.7 Å². The molecule has 19 heavy (non-hydrogen) atoms. The number of anilines is 1. The van der Waals surface area contributed by atoms with Crippen LogP contribution in [0, 0.1) is 13.8 Å². The third kappa shape index (κ3) is 3.10. The second-order valence-corrected chi connectivity index (χ2v) is 5.90. The molecule has 1 fully saturated rings. The van der Waals surface area contributed by atoms with E-state index in [0.717, 1.165) is 19.5 Å². The first-order valence-corrected chi connectivity index (χ1v) is 7.18. The normalized spacial score (nSPS) is 25.4. The zero-order chi connectivity index (χ0) is 14.0. The Balaban J connectivity index is 2.32. The van der Waals surface area contributed by atoms with Crippen molar-refractivity contribution in [1.29, 1.82) is 0 Å². The highest BCUT2D eigenvalue weighted by Crippen LogP contribution is 2.27. The summed E-state index contributed by atoms with van der Waals surface area (Å²) in [5.41, 5.74) is 3.94. The molecule has 1 heterocycles. The van der Waals surface area contributed by atoms with Gasteiger partial charge in [-0.1, -0.05) is 12.1 Å². The molecule has 1 aliphatic rings. The minimum absolute atomic E-state index is 0.227. The SMILES string of the molecule is Cc1ccc(C)c(N2CC(CO)N(C)CCC2C)c1. The van der Waals surface area contributed by atoms with E-state index in [4.69, 9.17) is 0 Å². The molecular formula is C16H26N2O. The van der Waals surface area contributed by atoms with Crippen LogP contribution in [0.5, 0.6) is 0 Å². The van der Waals surface area contributed by atoms with E-state index in [-0.39, 0.29) is 12.6 Å². The van der Waals surface area contributed by atoms with Gasteiger partial charge in [0.15, 0.2) is 0 Å². The van der Waals surface area contributed by atoms with Gasteiger partial charge in [-0.25, -0.2) is 0 Å². The average molecular weight is 262 g/mol. The van der Waals surface area contributed by atoms with Gasteiger partial charge in [0.1, 0.15) is 0 Å². The lowest BCUT2D eigenvalue weighted by Gasteiger charge is -2.33. The fraction of sp³-hybridized carbons (Fsp3) is 0.625. The Hall–Kier alpha value is -1.06. The lowest BCUT2D eigenvalue weighted by molar-refractivity contribution is 0.159. The molecular weight excluding hydrogens is 236 g/mol. The number of likely N-dealkylation sites (N-methyl/N-ethyl adjacent to an activating group) is 1. The van der Waals surface area contributed by atoms with Crippen LogP contribution in [-0.4, -0.2) is 48.8 Å². The van der Waals surface area contributed by atoms with E-state index >= 15 is 0 Å². The van der Waals surface area contributed by atoms with Gasteiger partial charge in [-0.05, 0) is 51.4 Å². The Kier molecular flexibility index (Phi) is 4.48. The van der Waals surface area contributed by atoms with Crippen molar-refractivity contribution in [3.8, 4) is 0 Å². The number of aryl methyl sites for hydroxylation is 2. The molecule has 0 bridgehead atoms. The first-order chi connectivity index (χ1) is 9.02. The standard InChI is InChI=1S/C16H26N2O/c1-12-5-6-13(2)16(9-12)18-10-15(11-19)17(4)8-7-14(18)3/h5-6,9,14-15,19H,7-8,10-11H2,1-4H3. The maximum Gasteiger partial charge on any atom is 0.0604 e. The van der Waals surface area contributed by atoms with Crippen LogP contribution in [0.1, 0.15) is 24.5 Å². The van der Waals surface area contributed by atoms with Crippen molar-refractivity contribution >= 4 is 5.69 Å². The molecule has 0 saturated carbocycles. The summed E-state index contributed by atoms with van der Waals surface area (Å²) in [6.45, 7) is 8.78. The van der Waals surface area contributed by atoms with Crippen LogP contribution in [-0.2, 0) is 0 Å². The van der Waals surface area contributed by atoms with E-state index in [1.807, 2.05) is 0 Å². The van der Waals surface area contributed by atoms with Crippen molar-refractivity contribution in [3.05, 3.63) is 29.3 Å². The van der Waals surface area contributed by atoms with E-state index in [1.54, 1.807) is 0 Å². The predicted molar refractivity (Wildman–Crippen MR) is 80.8 cm³/mol. The van der Waals surface area contributed by atoms with Gasteiger partial charge in [0.25, 0.3) is 0 Å². The summed E-state index contributed by atoms with van der Waals surface area (Å²) in [4.78, 5) is 4.74. The lowest BCUT2D eigenvalue weighted by Crippen LogP contribution is -2.43. The van der Waals surface area contributed by atoms with Gasteiger partial charge < -0.3 is 10.0 Å². The molecule has 2 rings (SSSR count). The molecule has 0 aromatic heterocycles. The van der Waals surface area contributed by atoms with Crippen molar-refractivity contribution in [2.75, 3.05) is 31.6 Å². The van der Waals surface area contributed by atoms with Gasteiger partial charge in [0.05, 0.1) is 6.61 Å². The van der Waals surface area contributed by atoms with Gasteiger partial charge in [-0.15, -0.1) is 0 Å². The Bertz CT molecular complexity index is 433. The second-order valence-electron chi connectivity index (χ2n) is 5.90. The number of hydrogen-bond donors (Lipinski definition) is 1. The first kappa shape index (κ1) is 14.4. The highest BCUT2D eigenvalue weighted by molar-refractivity contribution is 5.56. The number of aliphatic hydroxyl groups is 1. The van der Waals surface area contributed by atoms with Gasteiger partial charge >= 0.3 is 0 Å². The molecule has 106 valence electrons. The molecule has 0 aliphatic carbocycles. The number of hydrogen-bond acceptors (Lipinski definition) is 3. The molecule has 0 radical (unpaired) electrons. The maximum absolute atomic E-state index is 9.59. The Morgan fingerprint density at radius 1 is 1.32 bits per heavy atom. The Morgan fingerprint density at radius 3 is 2.74 bits per heavy atom. The number of nitrogens with zero attached hydrogens (tertiary/aromatic N) is 2. The minimum Gasteiger partial charge on any atom is -0.395 e. The third-order valence-corrected chi connectivity index (χ3v) is 4.35. The van der Waals surface area contributed by atoms with Gasteiger partial charge in [0, 0.05) is 30.9 Å². The molecule has 1 saturated heterocycles. The molecule has 1 aromatic carbocycles. The molecule has 3 heteroatoms. The molecule has 2 atom stereocenters. The van der Waals surface area contributed by atoms with E-state index in [9.17, 15) is 5.11 Å². The Morgan fingerprint density at radius 2 is 2.05 bits per heavy atom. The van der Waals surface area contributed by atoms with Crippen LogP contribution in [0.3, 0.4) is 0 Å². The van der Waals surface area contributed by atoms with Crippen molar-refractivity contribution in [3.63, 3.8) is 0 Å². The minimum atomic E-state index is 0.227. The molecule has 1 N–H and O–H groups in total. The zero-order valence-electron chi connectivity index (χ0n) is 12.6. The molecule has 1 aromatic rings. The summed E-state index contributed by atoms with van der Waals surface area (Å²) in [5, 5.41) is 9.59. The van der Waals surface area contributed by atoms with Crippen molar-refractivity contribution in [2.24, 2.45) is 0 Å². The summed E-state index contributed by atoms with van der Waals surface area (Å²) >= 11 is 0. The highest BCUT2D eigenvalue weighted by Gasteiger charge is 2.26. The molecule has 2 unspecified atom stereocenters. The number of rotatable bonds is 2. The lowest BCUT2D eigenvalue weighted by atomic mass is 10.1. The monoisotopic (exact) mass is 262 g/mol. The van der Waals surface area contributed by atoms with Crippen molar-refractivity contribution < 1.29 is 5.11 Å². The van der Waals surface area contributed by atoms with Crippen LogP contribution in [0.2, 0.25) is 0 Å². The summed E-state index contributed by atoms with van der Waals surface area (Å²) in [6.07, 6.45) is 1.14. The second kappa shape index (κ2) is 5.93. The van der Waals surface area contributed by atoms with Gasteiger partial charge in [-0.2, -0.15) is 0 Å². The molecule has 0 spiro atoms. The van der Waals surface area contributed by atoms with Crippen molar-refractivity contribution in [1.82, 2.24) is 4.90 Å². The van der Waals surface area contributed by atoms with Crippen molar-refractivity contribution in [2.45, 2.75) is 39.3 Å². The smallest absolute Gasteiger partial charge is 0.0604 e. The largest absolute Gasteiger partial charge is 0.395 e. The molecule has 0 amide bonds. The van der Waals surface area contributed by atoms with Crippen LogP contribution in [0.15, 0.2) is 18.2 Å². The maximum atomic E-state index is 9.59. The fourth-order valence-corrected chi connectivity index (χ4v) is 2.84. The van der Waals surface area contributed by atoms with Crippen LogP contribution >= 0.6 is 0 Å². The molecule has 1 aliphatic heterocycles. The first-order valence-electron chi connectivity index (χ1n) is 7.18. The van der Waals surface area contributed by atoms with E-state index < -0.39 is 0 Å². The zero-order valence-corrected chi connectivity index (χ0v) is 12.6. The highest BCUT2D eigenvalue weighted by atomic mass is 16.3. The Labute approximate surface area is 116 Å². The summed E-state index contributed by atoms with van der Waals surface area (Å²) < 4.78 is 0. The summed E-state index contributed by atoms with van der Waals surface area (Å²) in [5.74, 6) is 0. The van der Waals surface area contributed by atoms with Crippen LogP contribution in [0.4, 0.5) is 5.69 Å². The third-order valence-electron chi connectivity index (χ3n) is 4.35. The predicted octanol–water partition coefficient (Wildman–Crippen LogP) is 2.19. The summed E-state index contributed by atoms with van der Waals surface area (Å²) in [7, 11) is 2.11. The average Bonchev–Trinajstić information content (AvgIpc) is 2.53. The summed E-state index contributed by atoms with van der Waals surface area (Å²) in [6, 6.07) is 7.37. The van der Waals surface area contributed by atoms with Crippen LogP contribution < -0.4 is 4.90 Å². The van der Waals surface area contributed by atoms with Crippen LogP contribution in [0.25, 0.3) is 0 Å². The van der Waals surface area contributed by atoms with E-state index in [0.29, 0.717) is 6.04 Å².